The van der Waals surface area contributed by atoms with Crippen LogP contribution in [0.3, 0.4) is 0 Å². The zero-order valence-electron chi connectivity index (χ0n) is 13.2. The first-order chi connectivity index (χ1) is 9.13. The van der Waals surface area contributed by atoms with Crippen LogP contribution in [0, 0.1) is 5.92 Å². The highest BCUT2D eigenvalue weighted by Gasteiger charge is 2.52. The molecule has 19 heavy (non-hydrogen) atoms. The molecule has 0 aromatic carbocycles. The van der Waals surface area contributed by atoms with E-state index in [4.69, 9.17) is 0 Å². The van der Waals surface area contributed by atoms with Crippen molar-refractivity contribution in [2.24, 2.45) is 5.92 Å². The summed E-state index contributed by atoms with van der Waals surface area (Å²) in [6.07, 6.45) is 11.3. The van der Waals surface area contributed by atoms with Gasteiger partial charge in [0.2, 0.25) is 0 Å². The average Bonchev–Trinajstić information content (AvgIpc) is 3.17. The fraction of sp³-hybridized carbons (Fsp3) is 1.00. The molecule has 1 aliphatic heterocycles. The van der Waals surface area contributed by atoms with Gasteiger partial charge in [0.05, 0.1) is 0 Å². The number of rotatable bonds is 4. The molecule has 1 spiro atoms. The summed E-state index contributed by atoms with van der Waals surface area (Å²) in [7, 11) is 0. The summed E-state index contributed by atoms with van der Waals surface area (Å²) in [5.74, 6) is 0.947. The summed E-state index contributed by atoms with van der Waals surface area (Å²) < 4.78 is 0. The van der Waals surface area contributed by atoms with Gasteiger partial charge in [-0.15, -0.1) is 0 Å². The van der Waals surface area contributed by atoms with Gasteiger partial charge in [-0.25, -0.2) is 0 Å². The van der Waals surface area contributed by atoms with Gasteiger partial charge in [-0.1, -0.05) is 26.7 Å². The van der Waals surface area contributed by atoms with Crippen molar-refractivity contribution in [2.75, 3.05) is 13.1 Å². The predicted octanol–water partition coefficient (Wildman–Crippen LogP) is 3.56. The second kappa shape index (κ2) is 5.04. The molecule has 2 saturated carbocycles. The number of hydrogen-bond acceptors (Lipinski definition) is 2. The molecule has 0 radical (unpaired) electrons. The van der Waals surface area contributed by atoms with E-state index >= 15 is 0 Å². The first-order valence-electron chi connectivity index (χ1n) is 8.65. The minimum absolute atomic E-state index is 0.399. The number of piperazine rings is 1. The van der Waals surface area contributed by atoms with E-state index in [1.807, 2.05) is 0 Å². The summed E-state index contributed by atoms with van der Waals surface area (Å²) in [4.78, 5) is 2.95. The summed E-state index contributed by atoms with van der Waals surface area (Å²) in [6.45, 7) is 9.79. The van der Waals surface area contributed by atoms with Gasteiger partial charge in [-0.2, -0.15) is 0 Å². The Balaban J connectivity index is 1.82. The second-order valence-corrected chi connectivity index (χ2v) is 7.57. The summed E-state index contributed by atoms with van der Waals surface area (Å²) in [5.41, 5.74) is 0.904. The molecule has 3 aliphatic rings. The second-order valence-electron chi connectivity index (χ2n) is 7.57. The van der Waals surface area contributed by atoms with Crippen LogP contribution in [-0.2, 0) is 0 Å². The SMILES string of the molecule is CCC(CC)N1CC(C)(C2CC2)NCC12CCCC2. The van der Waals surface area contributed by atoms with Crippen molar-refractivity contribution < 1.29 is 0 Å². The van der Waals surface area contributed by atoms with Crippen LogP contribution in [0.25, 0.3) is 0 Å². The Labute approximate surface area is 119 Å². The van der Waals surface area contributed by atoms with E-state index in [1.165, 1.54) is 64.5 Å². The van der Waals surface area contributed by atoms with Crippen LogP contribution in [0.2, 0.25) is 0 Å². The molecule has 1 saturated heterocycles. The Morgan fingerprint density at radius 1 is 1.16 bits per heavy atom. The van der Waals surface area contributed by atoms with Crippen LogP contribution in [0.15, 0.2) is 0 Å². The van der Waals surface area contributed by atoms with E-state index in [0.717, 1.165) is 12.0 Å². The fourth-order valence-corrected chi connectivity index (χ4v) is 4.78. The lowest BCUT2D eigenvalue weighted by Crippen LogP contribution is -2.71. The van der Waals surface area contributed by atoms with Crippen LogP contribution in [-0.4, -0.2) is 35.1 Å². The molecule has 2 aliphatic carbocycles. The lowest BCUT2D eigenvalue weighted by Gasteiger charge is -2.55. The maximum atomic E-state index is 3.98. The van der Waals surface area contributed by atoms with Crippen molar-refractivity contribution in [3.63, 3.8) is 0 Å². The van der Waals surface area contributed by atoms with Gasteiger partial charge >= 0.3 is 0 Å². The minimum Gasteiger partial charge on any atom is -0.308 e. The molecule has 1 N–H and O–H groups in total. The lowest BCUT2D eigenvalue weighted by atomic mass is 9.82. The monoisotopic (exact) mass is 264 g/mol. The zero-order valence-corrected chi connectivity index (χ0v) is 13.2. The van der Waals surface area contributed by atoms with Gasteiger partial charge < -0.3 is 5.32 Å². The van der Waals surface area contributed by atoms with Crippen LogP contribution in [0.4, 0.5) is 0 Å². The molecule has 0 amide bonds. The first-order valence-corrected chi connectivity index (χ1v) is 8.65. The predicted molar refractivity (Wildman–Crippen MR) is 81.4 cm³/mol. The zero-order chi connectivity index (χ0) is 13.5. The molecular weight excluding hydrogens is 232 g/mol. The standard InChI is InChI=1S/C17H32N2/c1-4-15(5-2)19-13-16(3,14-8-9-14)18-12-17(19)10-6-7-11-17/h14-15,18H,4-13H2,1-3H3. The molecule has 2 heteroatoms. The quantitative estimate of drug-likeness (QED) is 0.835. The highest BCUT2D eigenvalue weighted by Crippen LogP contribution is 2.46. The lowest BCUT2D eigenvalue weighted by molar-refractivity contribution is -0.0284. The maximum absolute atomic E-state index is 3.98. The van der Waals surface area contributed by atoms with E-state index in [9.17, 15) is 0 Å². The normalized spacial score (nSPS) is 35.4. The third kappa shape index (κ3) is 2.35. The maximum Gasteiger partial charge on any atom is 0.0337 e. The third-order valence-corrected chi connectivity index (χ3v) is 6.33. The Morgan fingerprint density at radius 3 is 2.32 bits per heavy atom. The van der Waals surface area contributed by atoms with Crippen molar-refractivity contribution in [1.82, 2.24) is 10.2 Å². The summed E-state index contributed by atoms with van der Waals surface area (Å²) >= 11 is 0. The van der Waals surface area contributed by atoms with Gasteiger partial charge in [0, 0.05) is 30.2 Å². The molecule has 0 bridgehead atoms. The van der Waals surface area contributed by atoms with Gasteiger partial charge in [0.1, 0.15) is 0 Å². The van der Waals surface area contributed by atoms with Gasteiger partial charge in [-0.05, 0) is 51.4 Å². The van der Waals surface area contributed by atoms with E-state index < -0.39 is 0 Å². The van der Waals surface area contributed by atoms with Crippen molar-refractivity contribution in [2.45, 2.75) is 89.3 Å². The molecule has 0 aromatic rings. The van der Waals surface area contributed by atoms with Crippen molar-refractivity contribution in [3.05, 3.63) is 0 Å². The Kier molecular flexibility index (Phi) is 3.68. The van der Waals surface area contributed by atoms with E-state index in [-0.39, 0.29) is 0 Å². The Morgan fingerprint density at radius 2 is 1.79 bits per heavy atom. The van der Waals surface area contributed by atoms with E-state index in [0.29, 0.717) is 11.1 Å². The molecule has 1 unspecified atom stereocenters. The van der Waals surface area contributed by atoms with Crippen LogP contribution < -0.4 is 5.32 Å². The topological polar surface area (TPSA) is 15.3 Å². The molecule has 2 nitrogen and oxygen atoms in total. The molecule has 3 rings (SSSR count). The average molecular weight is 264 g/mol. The highest BCUT2D eigenvalue weighted by molar-refractivity contribution is 5.11. The smallest absolute Gasteiger partial charge is 0.0337 e. The van der Waals surface area contributed by atoms with Crippen LogP contribution in [0.5, 0.6) is 0 Å². The van der Waals surface area contributed by atoms with E-state index in [2.05, 4.69) is 31.0 Å². The number of hydrogen-bond donors (Lipinski definition) is 1. The van der Waals surface area contributed by atoms with Crippen LogP contribution >= 0.6 is 0 Å². The molecule has 0 aromatic heterocycles. The third-order valence-electron chi connectivity index (χ3n) is 6.33. The molecular formula is C17H32N2. The Bertz CT molecular complexity index is 313. The number of nitrogens with zero attached hydrogens (tertiary/aromatic N) is 1. The van der Waals surface area contributed by atoms with Gasteiger partial charge in [0.15, 0.2) is 0 Å². The minimum atomic E-state index is 0.399. The summed E-state index contributed by atoms with van der Waals surface area (Å²) in [5, 5.41) is 3.98. The van der Waals surface area contributed by atoms with Crippen molar-refractivity contribution >= 4 is 0 Å². The van der Waals surface area contributed by atoms with Gasteiger partial charge in [-0.3, -0.25) is 4.90 Å². The van der Waals surface area contributed by atoms with Gasteiger partial charge in [0.25, 0.3) is 0 Å². The Hall–Kier alpha value is -0.0800. The fourth-order valence-electron chi connectivity index (χ4n) is 4.78. The highest BCUT2D eigenvalue weighted by atomic mass is 15.3. The summed E-state index contributed by atoms with van der Waals surface area (Å²) in [6, 6.07) is 0.804. The molecule has 110 valence electrons. The van der Waals surface area contributed by atoms with Crippen molar-refractivity contribution in [1.29, 1.82) is 0 Å². The number of nitrogens with one attached hydrogen (secondary N) is 1. The first kappa shape index (κ1) is 13.9. The molecule has 1 atom stereocenters. The van der Waals surface area contributed by atoms with Crippen molar-refractivity contribution in [3.8, 4) is 0 Å². The van der Waals surface area contributed by atoms with Crippen LogP contribution in [0.1, 0.15) is 72.1 Å². The molecule has 1 heterocycles. The van der Waals surface area contributed by atoms with E-state index in [1.54, 1.807) is 0 Å². The largest absolute Gasteiger partial charge is 0.308 e. The molecule has 3 fully saturated rings.